The van der Waals surface area contributed by atoms with Gasteiger partial charge in [0, 0.05) is 6.20 Å². The molecule has 5 heteroatoms. The predicted octanol–water partition coefficient (Wildman–Crippen LogP) is 0.00960. The maximum atomic E-state index is 11.0. The van der Waals surface area contributed by atoms with Crippen molar-refractivity contribution in [3.8, 4) is 0 Å². The van der Waals surface area contributed by atoms with E-state index in [9.17, 15) is 4.79 Å². The van der Waals surface area contributed by atoms with Crippen LogP contribution in [0.15, 0.2) is 12.3 Å². The van der Waals surface area contributed by atoms with Gasteiger partial charge in [0.2, 0.25) is 0 Å². The standard InChI is InChI=1S/C7H10N2O3/c1-2-12-7(11)6-3-4-9(5-10)8-6/h3-4,10H,2,5H2,1H3. The molecule has 0 aromatic carbocycles. The van der Waals surface area contributed by atoms with Crippen LogP contribution in [0.1, 0.15) is 17.4 Å². The Labute approximate surface area is 69.6 Å². The van der Waals surface area contributed by atoms with Crippen LogP contribution in [0.5, 0.6) is 0 Å². The molecule has 0 saturated carbocycles. The molecule has 1 rings (SSSR count). The molecule has 0 unspecified atom stereocenters. The number of carbonyl (C=O) groups is 1. The Bertz CT molecular complexity index is 269. The van der Waals surface area contributed by atoms with E-state index in [0.717, 1.165) is 0 Å². The normalized spacial score (nSPS) is 9.83. The highest BCUT2D eigenvalue weighted by molar-refractivity contribution is 5.86. The first kappa shape index (κ1) is 8.73. The monoisotopic (exact) mass is 170 g/mol. The van der Waals surface area contributed by atoms with E-state index in [1.54, 1.807) is 6.92 Å². The molecule has 0 radical (unpaired) electrons. The number of nitrogens with zero attached hydrogens (tertiary/aromatic N) is 2. The van der Waals surface area contributed by atoms with Crippen LogP contribution in [-0.2, 0) is 11.5 Å². The number of rotatable bonds is 3. The van der Waals surface area contributed by atoms with Gasteiger partial charge in [-0.3, -0.25) is 0 Å². The average molecular weight is 170 g/mol. The molecule has 1 N–H and O–H groups in total. The molecule has 0 bridgehead atoms. The largest absolute Gasteiger partial charge is 0.461 e. The summed E-state index contributed by atoms with van der Waals surface area (Å²) in [5.41, 5.74) is 0.214. The third-order valence-corrected chi connectivity index (χ3v) is 1.27. The van der Waals surface area contributed by atoms with E-state index in [2.05, 4.69) is 9.84 Å². The molecule has 12 heavy (non-hydrogen) atoms. The van der Waals surface area contributed by atoms with Gasteiger partial charge in [0.05, 0.1) is 6.61 Å². The zero-order chi connectivity index (χ0) is 8.97. The summed E-state index contributed by atoms with van der Waals surface area (Å²) in [7, 11) is 0. The Morgan fingerprint density at radius 3 is 3.08 bits per heavy atom. The lowest BCUT2D eigenvalue weighted by atomic mass is 10.4. The van der Waals surface area contributed by atoms with Crippen molar-refractivity contribution < 1.29 is 14.6 Å². The summed E-state index contributed by atoms with van der Waals surface area (Å²) < 4.78 is 5.93. The molecule has 0 aliphatic carbocycles. The first-order valence-electron chi connectivity index (χ1n) is 3.59. The second-order valence-electron chi connectivity index (χ2n) is 2.10. The molecule has 0 aliphatic rings. The summed E-state index contributed by atoms with van der Waals surface area (Å²) in [5.74, 6) is -0.468. The molecule has 0 amide bonds. The van der Waals surface area contributed by atoms with E-state index in [1.807, 2.05) is 0 Å². The molecule has 1 aromatic rings. The van der Waals surface area contributed by atoms with Crippen LogP contribution >= 0.6 is 0 Å². The van der Waals surface area contributed by atoms with Gasteiger partial charge in [-0.05, 0) is 13.0 Å². The summed E-state index contributed by atoms with van der Waals surface area (Å²) in [4.78, 5) is 11.0. The minimum Gasteiger partial charge on any atom is -0.461 e. The van der Waals surface area contributed by atoms with Crippen molar-refractivity contribution in [1.82, 2.24) is 9.78 Å². The smallest absolute Gasteiger partial charge is 0.358 e. The predicted molar refractivity (Wildman–Crippen MR) is 40.4 cm³/mol. The molecule has 0 spiro atoms. The minimum absolute atomic E-state index is 0.214. The second-order valence-corrected chi connectivity index (χ2v) is 2.10. The van der Waals surface area contributed by atoms with Crippen molar-refractivity contribution in [2.75, 3.05) is 6.61 Å². The Morgan fingerprint density at radius 2 is 2.58 bits per heavy atom. The quantitative estimate of drug-likeness (QED) is 0.649. The van der Waals surface area contributed by atoms with Crippen LogP contribution in [0.2, 0.25) is 0 Å². The summed E-state index contributed by atoms with van der Waals surface area (Å²) in [6.45, 7) is 1.81. The number of ether oxygens (including phenoxy) is 1. The second kappa shape index (κ2) is 3.87. The van der Waals surface area contributed by atoms with Crippen LogP contribution in [-0.4, -0.2) is 27.5 Å². The topological polar surface area (TPSA) is 64.3 Å². The highest BCUT2D eigenvalue weighted by Crippen LogP contribution is 1.97. The van der Waals surface area contributed by atoms with Gasteiger partial charge in [-0.25, -0.2) is 9.48 Å². The lowest BCUT2D eigenvalue weighted by molar-refractivity contribution is 0.0517. The Kier molecular flexibility index (Phi) is 2.82. The van der Waals surface area contributed by atoms with Crippen molar-refractivity contribution >= 4 is 5.97 Å². The average Bonchev–Trinajstić information content (AvgIpc) is 2.52. The third-order valence-electron chi connectivity index (χ3n) is 1.27. The van der Waals surface area contributed by atoms with E-state index in [4.69, 9.17) is 5.11 Å². The van der Waals surface area contributed by atoms with Crippen LogP contribution in [0.4, 0.5) is 0 Å². The van der Waals surface area contributed by atoms with Gasteiger partial charge in [-0.2, -0.15) is 5.10 Å². The molecule has 1 aromatic heterocycles. The molecule has 0 aliphatic heterocycles. The van der Waals surface area contributed by atoms with Gasteiger partial charge >= 0.3 is 5.97 Å². The number of aromatic nitrogens is 2. The fourth-order valence-corrected chi connectivity index (χ4v) is 0.754. The highest BCUT2D eigenvalue weighted by atomic mass is 16.5. The fraction of sp³-hybridized carbons (Fsp3) is 0.429. The summed E-state index contributed by atoms with van der Waals surface area (Å²) in [5, 5.41) is 12.4. The SMILES string of the molecule is CCOC(=O)c1ccn(CO)n1. The number of aliphatic hydroxyl groups is 1. The maximum absolute atomic E-state index is 11.0. The zero-order valence-corrected chi connectivity index (χ0v) is 6.73. The summed E-state index contributed by atoms with van der Waals surface area (Å²) in [6.07, 6.45) is 1.51. The highest BCUT2D eigenvalue weighted by Gasteiger charge is 2.08. The van der Waals surface area contributed by atoms with E-state index in [-0.39, 0.29) is 12.4 Å². The van der Waals surface area contributed by atoms with Gasteiger partial charge in [0.15, 0.2) is 5.69 Å². The fourth-order valence-electron chi connectivity index (χ4n) is 0.754. The summed E-state index contributed by atoms with van der Waals surface area (Å²) >= 11 is 0. The van der Waals surface area contributed by atoms with Crippen LogP contribution in [0, 0.1) is 0 Å². The van der Waals surface area contributed by atoms with E-state index < -0.39 is 5.97 Å². The summed E-state index contributed by atoms with van der Waals surface area (Å²) in [6, 6.07) is 1.49. The zero-order valence-electron chi connectivity index (χ0n) is 6.73. The maximum Gasteiger partial charge on any atom is 0.358 e. The molecule has 0 saturated heterocycles. The van der Waals surface area contributed by atoms with Crippen LogP contribution in [0.25, 0.3) is 0 Å². The third kappa shape index (κ3) is 1.82. The molecule has 0 atom stereocenters. The van der Waals surface area contributed by atoms with Gasteiger partial charge in [0.1, 0.15) is 6.73 Å². The number of aliphatic hydroxyl groups excluding tert-OH is 1. The number of carbonyl (C=O) groups excluding carboxylic acids is 1. The van der Waals surface area contributed by atoms with Crippen LogP contribution < -0.4 is 0 Å². The van der Waals surface area contributed by atoms with Gasteiger partial charge in [0.25, 0.3) is 0 Å². The number of hydrogen-bond acceptors (Lipinski definition) is 4. The molecular weight excluding hydrogens is 160 g/mol. The molecule has 1 heterocycles. The Hall–Kier alpha value is -1.36. The van der Waals surface area contributed by atoms with Crippen LogP contribution in [0.3, 0.4) is 0 Å². The van der Waals surface area contributed by atoms with Gasteiger partial charge in [-0.15, -0.1) is 0 Å². The lowest BCUT2D eigenvalue weighted by Crippen LogP contribution is -2.07. The van der Waals surface area contributed by atoms with E-state index in [1.165, 1.54) is 16.9 Å². The molecular formula is C7H10N2O3. The minimum atomic E-state index is -0.468. The number of esters is 1. The first-order chi connectivity index (χ1) is 5.77. The van der Waals surface area contributed by atoms with Gasteiger partial charge in [-0.1, -0.05) is 0 Å². The van der Waals surface area contributed by atoms with Crippen molar-refractivity contribution in [3.05, 3.63) is 18.0 Å². The van der Waals surface area contributed by atoms with Crippen molar-refractivity contribution in [2.24, 2.45) is 0 Å². The first-order valence-corrected chi connectivity index (χ1v) is 3.59. The van der Waals surface area contributed by atoms with Crippen molar-refractivity contribution in [2.45, 2.75) is 13.7 Å². The number of hydrogen-bond donors (Lipinski definition) is 1. The van der Waals surface area contributed by atoms with Crippen molar-refractivity contribution in [3.63, 3.8) is 0 Å². The van der Waals surface area contributed by atoms with Gasteiger partial charge < -0.3 is 9.84 Å². The lowest BCUT2D eigenvalue weighted by Gasteiger charge is -1.96. The molecule has 5 nitrogen and oxygen atoms in total. The van der Waals surface area contributed by atoms with E-state index >= 15 is 0 Å². The molecule has 0 fully saturated rings. The Morgan fingerprint density at radius 1 is 1.83 bits per heavy atom. The molecule has 66 valence electrons. The van der Waals surface area contributed by atoms with Crippen molar-refractivity contribution in [1.29, 1.82) is 0 Å². The van der Waals surface area contributed by atoms with E-state index in [0.29, 0.717) is 6.61 Å². The Balaban J connectivity index is 2.68.